The number of carbonyl (C=O) groups is 4. The molecule has 0 fully saturated rings. The highest BCUT2D eigenvalue weighted by Gasteiger charge is 2.28. The highest BCUT2D eigenvalue weighted by Crippen LogP contribution is 2.35. The molecule has 0 saturated carbocycles. The fraction of sp³-hybridized carbons (Fsp3) is 0.286. The van der Waals surface area contributed by atoms with Gasteiger partial charge in [0.2, 0.25) is 5.91 Å². The van der Waals surface area contributed by atoms with Crippen LogP contribution in [0.2, 0.25) is 0 Å². The minimum absolute atomic E-state index is 0.110. The summed E-state index contributed by atoms with van der Waals surface area (Å²) in [7, 11) is 2.81. The first-order valence-corrected chi connectivity index (χ1v) is 10.1. The molecule has 0 saturated heterocycles. The maximum atomic E-state index is 12.5. The number of carbonyl (C=O) groups excluding carboxylic acids is 3. The maximum absolute atomic E-state index is 12.5. The van der Waals surface area contributed by atoms with Gasteiger partial charge in [-0.05, 0) is 67.8 Å². The van der Waals surface area contributed by atoms with Crippen molar-refractivity contribution in [2.45, 2.75) is 0 Å². The van der Waals surface area contributed by atoms with Gasteiger partial charge in [-0.1, -0.05) is 0 Å². The van der Waals surface area contributed by atoms with Crippen molar-refractivity contribution in [3.05, 3.63) is 21.8 Å². The number of ether oxygens (including phenoxy) is 1. The molecule has 0 radical (unpaired) electrons. The summed E-state index contributed by atoms with van der Waals surface area (Å²) in [5.41, 5.74) is 0.606. The molecule has 9 nitrogen and oxygen atoms in total. The normalized spacial score (nSPS) is 10.2. The number of aliphatic carboxylic acids is 1. The van der Waals surface area contributed by atoms with Crippen LogP contribution in [0, 0.1) is 10.7 Å². The molecule has 0 bridgehead atoms. The van der Waals surface area contributed by atoms with E-state index in [-0.39, 0.29) is 23.4 Å². The van der Waals surface area contributed by atoms with E-state index < -0.39 is 30.2 Å². The van der Waals surface area contributed by atoms with E-state index in [1.54, 1.807) is 0 Å². The number of methoxy groups -OCH3 is 1. The number of rotatable bonds is 7. The average molecular weight is 701 g/mol. The number of nitrogens with one attached hydrogen (secondary N) is 3. The Kier molecular flexibility index (Phi) is 9.45. The van der Waals surface area contributed by atoms with Gasteiger partial charge in [0.15, 0.2) is 0 Å². The molecule has 0 aromatic heterocycles. The molecule has 12 heteroatoms. The summed E-state index contributed by atoms with van der Waals surface area (Å²) in [6.45, 7) is -0.772. The van der Waals surface area contributed by atoms with Gasteiger partial charge in [0, 0.05) is 17.7 Å². The Morgan fingerprint density at radius 2 is 1.54 bits per heavy atom. The topological polar surface area (TPSA) is 134 Å². The molecule has 26 heavy (non-hydrogen) atoms. The Hall–Kier alpha value is -0.750. The second-order valence-electron chi connectivity index (χ2n) is 4.70. The lowest BCUT2D eigenvalue weighted by atomic mass is 10.1. The summed E-state index contributed by atoms with van der Waals surface area (Å²) in [5.74, 6) is -2.76. The molecule has 0 aliphatic rings. The zero-order valence-electron chi connectivity index (χ0n) is 13.5. The number of hydrogen-bond donors (Lipinski definition) is 4. The first kappa shape index (κ1) is 23.3. The van der Waals surface area contributed by atoms with Crippen molar-refractivity contribution >= 4 is 97.2 Å². The van der Waals surface area contributed by atoms with Crippen molar-refractivity contribution in [2.24, 2.45) is 0 Å². The zero-order valence-corrected chi connectivity index (χ0v) is 20.0. The van der Waals surface area contributed by atoms with Gasteiger partial charge in [-0.3, -0.25) is 19.2 Å². The summed E-state index contributed by atoms with van der Waals surface area (Å²) < 4.78 is 5.97. The van der Waals surface area contributed by atoms with E-state index in [2.05, 4.69) is 16.0 Å². The number of anilines is 1. The van der Waals surface area contributed by atoms with Crippen molar-refractivity contribution in [1.29, 1.82) is 0 Å². The summed E-state index contributed by atoms with van der Waals surface area (Å²) in [4.78, 5) is 47.4. The minimum Gasteiger partial charge on any atom is -0.480 e. The highest BCUT2D eigenvalue weighted by atomic mass is 127. The van der Waals surface area contributed by atoms with Crippen molar-refractivity contribution in [2.75, 3.05) is 32.6 Å². The van der Waals surface area contributed by atoms with E-state index in [1.165, 1.54) is 14.2 Å². The van der Waals surface area contributed by atoms with Gasteiger partial charge < -0.3 is 25.8 Å². The fourth-order valence-electron chi connectivity index (χ4n) is 1.85. The number of carboxylic acids is 1. The third kappa shape index (κ3) is 5.62. The Labute approximate surface area is 189 Å². The van der Waals surface area contributed by atoms with Crippen LogP contribution in [-0.2, 0) is 14.3 Å². The van der Waals surface area contributed by atoms with Crippen LogP contribution < -0.4 is 16.0 Å². The molecule has 0 atom stereocenters. The lowest BCUT2D eigenvalue weighted by molar-refractivity contribution is -0.135. The van der Waals surface area contributed by atoms with E-state index in [0.717, 1.165) is 0 Å². The minimum atomic E-state index is -1.20. The molecule has 0 heterocycles. The summed E-state index contributed by atoms with van der Waals surface area (Å²) in [5, 5.41) is 16.1. The van der Waals surface area contributed by atoms with Crippen LogP contribution in [-0.4, -0.2) is 56.1 Å². The van der Waals surface area contributed by atoms with Crippen LogP contribution in [0.3, 0.4) is 0 Å². The Morgan fingerprint density at radius 3 is 2.00 bits per heavy atom. The van der Waals surface area contributed by atoms with Gasteiger partial charge >= 0.3 is 5.97 Å². The Bertz CT molecular complexity index is 769. The molecule has 0 unspecified atom stereocenters. The van der Waals surface area contributed by atoms with E-state index in [1.807, 2.05) is 67.8 Å². The second kappa shape index (κ2) is 10.5. The molecular weight excluding hydrogens is 687 g/mol. The molecule has 142 valence electrons. The van der Waals surface area contributed by atoms with E-state index >= 15 is 0 Å². The molecule has 0 aliphatic carbocycles. The van der Waals surface area contributed by atoms with Gasteiger partial charge in [0.05, 0.1) is 24.0 Å². The highest BCUT2D eigenvalue weighted by molar-refractivity contribution is 14.1. The lowest BCUT2D eigenvalue weighted by Crippen LogP contribution is -2.32. The first-order valence-electron chi connectivity index (χ1n) is 6.86. The van der Waals surface area contributed by atoms with Crippen LogP contribution in [0.4, 0.5) is 5.69 Å². The Morgan fingerprint density at radius 1 is 1.00 bits per heavy atom. The number of carboxylic acid groups (broad SMARTS) is 1. The van der Waals surface area contributed by atoms with E-state index in [0.29, 0.717) is 10.7 Å². The average Bonchev–Trinajstić information content (AvgIpc) is 2.56. The van der Waals surface area contributed by atoms with Crippen molar-refractivity contribution < 1.29 is 29.0 Å². The third-order valence-electron chi connectivity index (χ3n) is 2.94. The fourth-order valence-corrected chi connectivity index (χ4v) is 6.26. The molecule has 3 amide bonds. The molecular formula is C14H14I3N3O6. The zero-order chi connectivity index (χ0) is 20.0. The van der Waals surface area contributed by atoms with Crippen LogP contribution in [0.25, 0.3) is 0 Å². The summed E-state index contributed by atoms with van der Waals surface area (Å²) in [6.07, 6.45) is 0. The van der Waals surface area contributed by atoms with Crippen LogP contribution in [0.15, 0.2) is 0 Å². The van der Waals surface area contributed by atoms with Crippen LogP contribution >= 0.6 is 67.8 Å². The smallest absolute Gasteiger partial charge is 0.322 e. The van der Waals surface area contributed by atoms with Crippen LogP contribution in [0.1, 0.15) is 20.7 Å². The number of hydrogen-bond acceptors (Lipinski definition) is 5. The second-order valence-corrected chi connectivity index (χ2v) is 7.94. The molecule has 1 rings (SSSR count). The molecule has 0 spiro atoms. The molecule has 1 aromatic carbocycles. The Balaban J connectivity index is 3.57. The largest absolute Gasteiger partial charge is 0.480 e. The predicted molar refractivity (Wildman–Crippen MR) is 118 cm³/mol. The van der Waals surface area contributed by atoms with E-state index in [4.69, 9.17) is 9.84 Å². The van der Waals surface area contributed by atoms with Gasteiger partial charge in [-0.2, -0.15) is 0 Å². The van der Waals surface area contributed by atoms with Crippen molar-refractivity contribution in [1.82, 2.24) is 10.6 Å². The molecule has 0 aliphatic heterocycles. The van der Waals surface area contributed by atoms with E-state index in [9.17, 15) is 19.2 Å². The standard InChI is InChI=1S/C14H14I3N3O6/c1-18-13(24)7-9(15)8(14(25)19-3-6(22)23)11(17)12(10(7)16)20-5(21)4-26-2/h3-4H2,1-2H3,(H,18,24)(H,19,25)(H,20,21)(H,22,23). The van der Waals surface area contributed by atoms with Gasteiger partial charge in [-0.15, -0.1) is 0 Å². The number of benzene rings is 1. The molecule has 1 aromatic rings. The summed E-state index contributed by atoms with van der Waals surface area (Å²) >= 11 is 5.64. The van der Waals surface area contributed by atoms with Gasteiger partial charge in [-0.25, -0.2) is 0 Å². The monoisotopic (exact) mass is 701 g/mol. The third-order valence-corrected chi connectivity index (χ3v) is 6.17. The quantitative estimate of drug-likeness (QED) is 0.317. The number of amides is 3. The summed E-state index contributed by atoms with van der Waals surface area (Å²) in [6, 6.07) is 0. The van der Waals surface area contributed by atoms with Gasteiger partial charge in [0.1, 0.15) is 13.2 Å². The van der Waals surface area contributed by atoms with Crippen molar-refractivity contribution in [3.63, 3.8) is 0 Å². The van der Waals surface area contributed by atoms with Crippen LogP contribution in [0.5, 0.6) is 0 Å². The molecule has 4 N–H and O–H groups in total. The first-order chi connectivity index (χ1) is 12.1. The maximum Gasteiger partial charge on any atom is 0.322 e. The van der Waals surface area contributed by atoms with Gasteiger partial charge in [0.25, 0.3) is 11.8 Å². The predicted octanol–water partition coefficient (Wildman–Crippen LogP) is 1.26. The SMILES string of the molecule is CNC(=O)c1c(I)c(NC(=O)COC)c(I)c(C(=O)NCC(=O)O)c1I. The lowest BCUT2D eigenvalue weighted by Gasteiger charge is -2.18. The number of halogens is 3. The van der Waals surface area contributed by atoms with Crippen molar-refractivity contribution in [3.8, 4) is 0 Å².